The molecule has 0 aliphatic rings. The van der Waals surface area contributed by atoms with Crippen molar-refractivity contribution in [3.63, 3.8) is 0 Å². The summed E-state index contributed by atoms with van der Waals surface area (Å²) in [6.07, 6.45) is 0. The van der Waals surface area contributed by atoms with Gasteiger partial charge in [-0.05, 0) is 35.4 Å². The van der Waals surface area contributed by atoms with E-state index >= 15 is 0 Å². The van der Waals surface area contributed by atoms with Crippen molar-refractivity contribution in [1.82, 2.24) is 0 Å². The zero-order valence-electron chi connectivity index (χ0n) is 11.3. The zero-order chi connectivity index (χ0) is 15.6. The molecule has 0 spiro atoms. The molecule has 0 aliphatic carbocycles. The Morgan fingerprint density at radius 3 is 2.29 bits per heavy atom. The lowest BCUT2D eigenvalue weighted by Gasteiger charge is -2.17. The van der Waals surface area contributed by atoms with Crippen molar-refractivity contribution in [2.45, 2.75) is 5.38 Å². The van der Waals surface area contributed by atoms with Crippen molar-refractivity contribution in [2.75, 3.05) is 14.2 Å². The molecule has 0 saturated carbocycles. The molecule has 0 heterocycles. The summed E-state index contributed by atoms with van der Waals surface area (Å²) >= 11 is 16.1. The van der Waals surface area contributed by atoms with Crippen LogP contribution in [0, 0.1) is 5.82 Å². The van der Waals surface area contributed by atoms with Crippen LogP contribution in [0.1, 0.15) is 16.5 Å². The summed E-state index contributed by atoms with van der Waals surface area (Å²) in [4.78, 5) is 0. The molecule has 0 radical (unpaired) electrons. The van der Waals surface area contributed by atoms with Crippen LogP contribution >= 0.6 is 39.1 Å². The van der Waals surface area contributed by atoms with Gasteiger partial charge in [0.25, 0.3) is 0 Å². The maximum atomic E-state index is 13.4. The van der Waals surface area contributed by atoms with Crippen molar-refractivity contribution in [1.29, 1.82) is 0 Å². The van der Waals surface area contributed by atoms with Gasteiger partial charge in [-0.1, -0.05) is 27.5 Å². The average Bonchev–Trinajstić information content (AvgIpc) is 2.48. The third-order valence-corrected chi connectivity index (χ3v) is 4.53. The largest absolute Gasteiger partial charge is 0.493 e. The van der Waals surface area contributed by atoms with Gasteiger partial charge in [-0.2, -0.15) is 0 Å². The Hall–Kier alpha value is -0.970. The van der Waals surface area contributed by atoms with E-state index in [9.17, 15) is 4.39 Å². The number of hydrogen-bond acceptors (Lipinski definition) is 2. The molecule has 1 unspecified atom stereocenters. The van der Waals surface area contributed by atoms with Gasteiger partial charge in [0, 0.05) is 15.6 Å². The van der Waals surface area contributed by atoms with Gasteiger partial charge in [-0.3, -0.25) is 0 Å². The summed E-state index contributed by atoms with van der Waals surface area (Å²) in [5.41, 5.74) is 1.20. The fraction of sp³-hybridized carbons (Fsp3) is 0.200. The maximum Gasteiger partial charge on any atom is 0.162 e. The second-order valence-electron chi connectivity index (χ2n) is 4.26. The second kappa shape index (κ2) is 6.86. The number of benzene rings is 2. The van der Waals surface area contributed by atoms with Crippen LogP contribution < -0.4 is 9.47 Å². The van der Waals surface area contributed by atoms with Gasteiger partial charge in [-0.15, -0.1) is 11.6 Å². The van der Waals surface area contributed by atoms with Crippen molar-refractivity contribution in [3.05, 3.63) is 56.8 Å². The Labute approximate surface area is 140 Å². The van der Waals surface area contributed by atoms with E-state index in [4.69, 9.17) is 32.7 Å². The van der Waals surface area contributed by atoms with E-state index in [-0.39, 0.29) is 5.82 Å². The third kappa shape index (κ3) is 3.44. The summed E-state index contributed by atoms with van der Waals surface area (Å²) in [6, 6.07) is 7.64. The van der Waals surface area contributed by atoms with Crippen molar-refractivity contribution in [3.8, 4) is 11.5 Å². The monoisotopic (exact) mass is 392 g/mol. The lowest BCUT2D eigenvalue weighted by Crippen LogP contribution is -1.99. The Balaban J connectivity index is 2.52. The smallest absolute Gasteiger partial charge is 0.162 e. The summed E-state index contributed by atoms with van der Waals surface area (Å²) in [5, 5.41) is -0.203. The topological polar surface area (TPSA) is 18.5 Å². The maximum absolute atomic E-state index is 13.4. The summed E-state index contributed by atoms with van der Waals surface area (Å²) in [6.45, 7) is 0. The fourth-order valence-corrected chi connectivity index (χ4v) is 3.23. The highest BCUT2D eigenvalue weighted by atomic mass is 79.9. The van der Waals surface area contributed by atoms with Gasteiger partial charge in [0.1, 0.15) is 5.82 Å². The van der Waals surface area contributed by atoms with E-state index in [1.54, 1.807) is 18.2 Å². The van der Waals surface area contributed by atoms with Gasteiger partial charge in [0.05, 0.1) is 19.6 Å². The van der Waals surface area contributed by atoms with Crippen LogP contribution in [-0.4, -0.2) is 14.2 Å². The molecule has 0 aliphatic heterocycles. The van der Waals surface area contributed by atoms with Gasteiger partial charge in [0.2, 0.25) is 0 Å². The van der Waals surface area contributed by atoms with Crippen molar-refractivity contribution >= 4 is 39.1 Å². The molecule has 0 aromatic heterocycles. The van der Waals surface area contributed by atoms with E-state index < -0.39 is 5.38 Å². The van der Waals surface area contributed by atoms with Crippen molar-refractivity contribution in [2.24, 2.45) is 0 Å². The highest BCUT2D eigenvalue weighted by Crippen LogP contribution is 2.42. The minimum absolute atomic E-state index is 0.365. The molecule has 6 heteroatoms. The molecule has 0 bridgehead atoms. The third-order valence-electron chi connectivity index (χ3n) is 3.01. The van der Waals surface area contributed by atoms with Crippen LogP contribution in [0.3, 0.4) is 0 Å². The van der Waals surface area contributed by atoms with E-state index in [2.05, 4.69) is 15.9 Å². The number of halogens is 4. The minimum Gasteiger partial charge on any atom is -0.493 e. The SMILES string of the molecule is COc1cc(Cl)c(C(Cl)c2cc(F)ccc2Br)cc1OC. The van der Waals surface area contributed by atoms with Gasteiger partial charge in [0.15, 0.2) is 11.5 Å². The summed E-state index contributed by atoms with van der Waals surface area (Å²) in [7, 11) is 3.05. The normalized spacial score (nSPS) is 12.1. The first-order chi connectivity index (χ1) is 9.97. The van der Waals surface area contributed by atoms with Crippen LogP contribution in [0.25, 0.3) is 0 Å². The molecule has 2 nitrogen and oxygen atoms in total. The molecule has 0 N–H and O–H groups in total. The molecule has 1 atom stereocenters. The minimum atomic E-state index is -0.623. The van der Waals surface area contributed by atoms with E-state index in [0.29, 0.717) is 32.1 Å². The standard InChI is InChI=1S/C15H12BrCl2FO2/c1-20-13-6-10(12(17)7-14(13)21-2)15(18)9-5-8(19)3-4-11(9)16/h3-7,15H,1-2H3. The molecular formula is C15H12BrCl2FO2. The Kier molecular flexibility index (Phi) is 5.36. The predicted molar refractivity (Wildman–Crippen MR) is 86.4 cm³/mol. The average molecular weight is 394 g/mol. The van der Waals surface area contributed by atoms with Gasteiger partial charge < -0.3 is 9.47 Å². The number of rotatable bonds is 4. The van der Waals surface area contributed by atoms with E-state index in [1.807, 2.05) is 0 Å². The molecule has 112 valence electrons. The van der Waals surface area contributed by atoms with E-state index in [0.717, 1.165) is 0 Å². The molecule has 0 saturated heterocycles. The fourth-order valence-electron chi connectivity index (χ4n) is 1.94. The van der Waals surface area contributed by atoms with E-state index in [1.165, 1.54) is 26.4 Å². The first kappa shape index (κ1) is 16.4. The molecule has 0 fully saturated rings. The molecule has 2 aromatic rings. The number of ether oxygens (including phenoxy) is 2. The van der Waals surface area contributed by atoms with Crippen molar-refractivity contribution < 1.29 is 13.9 Å². The zero-order valence-corrected chi connectivity index (χ0v) is 14.4. The molecule has 21 heavy (non-hydrogen) atoms. The van der Waals surface area contributed by atoms with Crippen LogP contribution in [0.15, 0.2) is 34.8 Å². The van der Waals surface area contributed by atoms with Crippen LogP contribution in [0.4, 0.5) is 4.39 Å². The quantitative estimate of drug-likeness (QED) is 0.630. The molecular weight excluding hydrogens is 382 g/mol. The highest BCUT2D eigenvalue weighted by molar-refractivity contribution is 9.10. The Morgan fingerprint density at radius 2 is 1.67 bits per heavy atom. The predicted octanol–water partition coefficient (Wildman–Crippen LogP) is 5.59. The second-order valence-corrected chi connectivity index (χ2v) is 5.96. The lowest BCUT2D eigenvalue weighted by molar-refractivity contribution is 0.354. The van der Waals surface area contributed by atoms with Gasteiger partial charge in [-0.25, -0.2) is 4.39 Å². The number of hydrogen-bond donors (Lipinski definition) is 0. The first-order valence-corrected chi connectivity index (χ1v) is 7.59. The van der Waals surface area contributed by atoms with Crippen LogP contribution in [0.5, 0.6) is 11.5 Å². The Morgan fingerprint density at radius 1 is 1.05 bits per heavy atom. The molecule has 2 aromatic carbocycles. The van der Waals surface area contributed by atoms with Crippen LogP contribution in [0.2, 0.25) is 5.02 Å². The number of methoxy groups -OCH3 is 2. The lowest BCUT2D eigenvalue weighted by atomic mass is 10.0. The van der Waals surface area contributed by atoms with Gasteiger partial charge >= 0.3 is 0 Å². The first-order valence-electron chi connectivity index (χ1n) is 5.98. The molecule has 0 amide bonds. The van der Waals surface area contributed by atoms with Crippen LogP contribution in [-0.2, 0) is 0 Å². The molecule has 2 rings (SSSR count). The summed E-state index contributed by atoms with van der Waals surface area (Å²) < 4.78 is 24.6. The summed E-state index contributed by atoms with van der Waals surface area (Å²) in [5.74, 6) is 0.652. The highest BCUT2D eigenvalue weighted by Gasteiger charge is 2.20. The Bertz CT molecular complexity index is 664. The number of alkyl halides is 1.